The van der Waals surface area contributed by atoms with E-state index >= 15 is 0 Å². The predicted octanol–water partition coefficient (Wildman–Crippen LogP) is 3.12. The molecule has 0 heterocycles. The smallest absolute Gasteiger partial charge is 0.221 e. The molecule has 1 fully saturated rings. The molecule has 21 heavy (non-hydrogen) atoms. The maximum absolute atomic E-state index is 13.4. The normalized spacial score (nSPS) is 21.4. The van der Waals surface area contributed by atoms with Crippen LogP contribution in [0.4, 0.5) is 4.39 Å². The van der Waals surface area contributed by atoms with Crippen molar-refractivity contribution in [1.82, 2.24) is 5.32 Å². The van der Waals surface area contributed by atoms with Crippen LogP contribution in [0.15, 0.2) is 29.2 Å². The Morgan fingerprint density at radius 2 is 1.95 bits per heavy atom. The second kappa shape index (κ2) is 9.28. The molecular weight excluding hydrogens is 311 g/mol. The predicted molar refractivity (Wildman–Crippen MR) is 87.4 cm³/mol. The summed E-state index contributed by atoms with van der Waals surface area (Å²) in [6, 6.07) is 7.20. The number of hydrogen-bond donors (Lipinski definition) is 2. The number of amides is 1. The SMILES string of the molecule is Cl.NC1CCC(NC(=O)CCSc2ccccc2F)CC1. The fourth-order valence-electron chi connectivity index (χ4n) is 2.38. The summed E-state index contributed by atoms with van der Waals surface area (Å²) in [6.07, 6.45) is 4.31. The van der Waals surface area contributed by atoms with Crippen LogP contribution >= 0.6 is 24.2 Å². The summed E-state index contributed by atoms with van der Waals surface area (Å²) in [7, 11) is 0. The van der Waals surface area contributed by atoms with E-state index in [9.17, 15) is 9.18 Å². The van der Waals surface area contributed by atoms with Gasteiger partial charge in [-0.2, -0.15) is 0 Å². The van der Waals surface area contributed by atoms with Gasteiger partial charge in [0.15, 0.2) is 0 Å². The van der Waals surface area contributed by atoms with Crippen molar-refractivity contribution in [1.29, 1.82) is 0 Å². The number of hydrogen-bond acceptors (Lipinski definition) is 3. The van der Waals surface area contributed by atoms with E-state index < -0.39 is 0 Å². The van der Waals surface area contributed by atoms with Gasteiger partial charge in [0, 0.05) is 29.2 Å². The van der Waals surface area contributed by atoms with Crippen molar-refractivity contribution in [2.24, 2.45) is 5.73 Å². The number of rotatable bonds is 5. The van der Waals surface area contributed by atoms with E-state index in [-0.39, 0.29) is 30.2 Å². The molecule has 0 unspecified atom stereocenters. The van der Waals surface area contributed by atoms with Gasteiger partial charge in [0.1, 0.15) is 5.82 Å². The first-order valence-corrected chi connectivity index (χ1v) is 8.06. The van der Waals surface area contributed by atoms with Crippen LogP contribution in [0.5, 0.6) is 0 Å². The third kappa shape index (κ3) is 6.24. The number of carbonyl (C=O) groups is 1. The van der Waals surface area contributed by atoms with Crippen LogP contribution in [0.1, 0.15) is 32.1 Å². The molecule has 0 aliphatic heterocycles. The van der Waals surface area contributed by atoms with Crippen molar-refractivity contribution >= 4 is 30.1 Å². The van der Waals surface area contributed by atoms with Crippen LogP contribution in [-0.2, 0) is 4.79 Å². The first-order chi connectivity index (χ1) is 9.65. The quantitative estimate of drug-likeness (QED) is 0.815. The average Bonchev–Trinajstić information content (AvgIpc) is 2.43. The number of nitrogens with two attached hydrogens (primary N) is 1. The van der Waals surface area contributed by atoms with E-state index in [1.165, 1.54) is 17.8 Å². The van der Waals surface area contributed by atoms with E-state index in [4.69, 9.17) is 5.73 Å². The second-order valence-electron chi connectivity index (χ2n) is 5.21. The maximum atomic E-state index is 13.4. The zero-order chi connectivity index (χ0) is 14.4. The van der Waals surface area contributed by atoms with Crippen molar-refractivity contribution < 1.29 is 9.18 Å². The third-order valence-electron chi connectivity index (χ3n) is 3.56. The molecule has 0 spiro atoms. The fourth-order valence-corrected chi connectivity index (χ4v) is 3.27. The minimum absolute atomic E-state index is 0. The largest absolute Gasteiger partial charge is 0.353 e. The Balaban J connectivity index is 0.00000220. The van der Waals surface area contributed by atoms with Crippen LogP contribution < -0.4 is 11.1 Å². The van der Waals surface area contributed by atoms with Crippen molar-refractivity contribution in [2.75, 3.05) is 5.75 Å². The molecule has 3 nitrogen and oxygen atoms in total. The highest BCUT2D eigenvalue weighted by Crippen LogP contribution is 2.22. The number of halogens is 2. The molecule has 1 aromatic carbocycles. The minimum Gasteiger partial charge on any atom is -0.353 e. The molecule has 3 N–H and O–H groups in total. The number of thioether (sulfide) groups is 1. The van der Waals surface area contributed by atoms with E-state index in [0.717, 1.165) is 25.7 Å². The van der Waals surface area contributed by atoms with Gasteiger partial charge in [-0.1, -0.05) is 12.1 Å². The van der Waals surface area contributed by atoms with Crippen LogP contribution in [0, 0.1) is 5.82 Å². The highest BCUT2D eigenvalue weighted by atomic mass is 35.5. The molecule has 0 saturated heterocycles. The molecule has 0 radical (unpaired) electrons. The molecule has 1 aliphatic carbocycles. The number of carbonyl (C=O) groups excluding carboxylic acids is 1. The summed E-state index contributed by atoms with van der Waals surface area (Å²) >= 11 is 1.38. The summed E-state index contributed by atoms with van der Waals surface area (Å²) in [5, 5.41) is 3.04. The van der Waals surface area contributed by atoms with Gasteiger partial charge in [0.2, 0.25) is 5.91 Å². The van der Waals surface area contributed by atoms with Crippen molar-refractivity contribution in [2.45, 2.75) is 49.1 Å². The Morgan fingerprint density at radius 3 is 2.62 bits per heavy atom. The van der Waals surface area contributed by atoms with Gasteiger partial charge in [-0.3, -0.25) is 4.79 Å². The summed E-state index contributed by atoms with van der Waals surface area (Å²) in [5.74, 6) is 0.424. The van der Waals surface area contributed by atoms with Gasteiger partial charge in [0.25, 0.3) is 0 Å². The van der Waals surface area contributed by atoms with Gasteiger partial charge < -0.3 is 11.1 Å². The first-order valence-electron chi connectivity index (χ1n) is 7.07. The molecule has 1 aliphatic rings. The lowest BCUT2D eigenvalue weighted by molar-refractivity contribution is -0.121. The van der Waals surface area contributed by atoms with E-state index in [1.54, 1.807) is 18.2 Å². The van der Waals surface area contributed by atoms with Gasteiger partial charge in [-0.15, -0.1) is 24.2 Å². The monoisotopic (exact) mass is 332 g/mol. The highest BCUT2D eigenvalue weighted by molar-refractivity contribution is 7.99. The molecule has 2 rings (SSSR count). The van der Waals surface area contributed by atoms with Crippen molar-refractivity contribution in [3.63, 3.8) is 0 Å². The second-order valence-corrected chi connectivity index (χ2v) is 6.34. The molecule has 118 valence electrons. The molecule has 0 aromatic heterocycles. The molecule has 1 aromatic rings. The van der Waals surface area contributed by atoms with Gasteiger partial charge in [0.05, 0.1) is 0 Å². The van der Waals surface area contributed by atoms with Crippen molar-refractivity contribution in [3.8, 4) is 0 Å². The van der Waals surface area contributed by atoms with Gasteiger partial charge in [-0.05, 0) is 37.8 Å². The molecule has 1 saturated carbocycles. The maximum Gasteiger partial charge on any atom is 0.221 e. The summed E-state index contributed by atoms with van der Waals surface area (Å²) in [6.45, 7) is 0. The van der Waals surface area contributed by atoms with Crippen LogP contribution in [-0.4, -0.2) is 23.7 Å². The lowest BCUT2D eigenvalue weighted by Crippen LogP contribution is -2.40. The Labute approximate surface area is 135 Å². The van der Waals surface area contributed by atoms with E-state index in [1.807, 2.05) is 0 Å². The van der Waals surface area contributed by atoms with E-state index in [2.05, 4.69) is 5.32 Å². The van der Waals surface area contributed by atoms with Crippen LogP contribution in [0.25, 0.3) is 0 Å². The molecular formula is C15H22ClFN2OS. The van der Waals surface area contributed by atoms with Gasteiger partial charge in [-0.25, -0.2) is 4.39 Å². The van der Waals surface area contributed by atoms with E-state index in [0.29, 0.717) is 23.1 Å². The Hall–Kier alpha value is -0.780. The lowest BCUT2D eigenvalue weighted by Gasteiger charge is -2.26. The Kier molecular flexibility index (Phi) is 8.07. The average molecular weight is 333 g/mol. The van der Waals surface area contributed by atoms with Gasteiger partial charge >= 0.3 is 0 Å². The molecule has 0 atom stereocenters. The molecule has 0 bridgehead atoms. The first kappa shape index (κ1) is 18.3. The molecule has 6 heteroatoms. The van der Waals surface area contributed by atoms with Crippen LogP contribution in [0.2, 0.25) is 0 Å². The summed E-state index contributed by atoms with van der Waals surface area (Å²) in [5.41, 5.74) is 5.83. The zero-order valence-electron chi connectivity index (χ0n) is 11.9. The molecule has 1 amide bonds. The Morgan fingerprint density at radius 1 is 1.29 bits per heavy atom. The number of nitrogens with one attached hydrogen (secondary N) is 1. The van der Waals surface area contributed by atoms with Crippen LogP contribution in [0.3, 0.4) is 0 Å². The minimum atomic E-state index is -0.223. The topological polar surface area (TPSA) is 55.1 Å². The fraction of sp³-hybridized carbons (Fsp3) is 0.533. The summed E-state index contributed by atoms with van der Waals surface area (Å²) < 4.78 is 13.4. The standard InChI is InChI=1S/C15H21FN2OS.ClH/c16-13-3-1-2-4-14(13)20-10-9-15(19)18-12-7-5-11(17)6-8-12;/h1-4,11-12H,5-10,17H2,(H,18,19);1H. The zero-order valence-corrected chi connectivity index (χ0v) is 13.5. The number of benzene rings is 1. The highest BCUT2D eigenvalue weighted by Gasteiger charge is 2.19. The Bertz CT molecular complexity index is 453. The van der Waals surface area contributed by atoms with Crippen molar-refractivity contribution in [3.05, 3.63) is 30.1 Å². The lowest BCUT2D eigenvalue weighted by atomic mass is 9.92. The summed E-state index contributed by atoms with van der Waals surface area (Å²) in [4.78, 5) is 12.4. The third-order valence-corrected chi connectivity index (χ3v) is 4.61.